The number of alkyl halides is 4. The van der Waals surface area contributed by atoms with E-state index in [2.05, 4.69) is 9.97 Å². The molecule has 1 heterocycles. The van der Waals surface area contributed by atoms with Gasteiger partial charge in [0.05, 0.1) is 5.56 Å². The smallest absolute Gasteiger partial charge is 0.416 e. The average Bonchev–Trinajstić information content (AvgIpc) is 2.93. The molecule has 6 nitrogen and oxygen atoms in total. The van der Waals surface area contributed by atoms with Crippen LogP contribution < -0.4 is 5.32 Å². The van der Waals surface area contributed by atoms with E-state index < -0.39 is 36.3 Å². The molecule has 1 aromatic heterocycles. The van der Waals surface area contributed by atoms with Crippen LogP contribution in [0.2, 0.25) is 0 Å². The Bertz CT molecular complexity index is 802. The van der Waals surface area contributed by atoms with Crippen LogP contribution >= 0.6 is 0 Å². The van der Waals surface area contributed by atoms with Crippen molar-refractivity contribution in [2.75, 3.05) is 6.67 Å². The zero-order chi connectivity index (χ0) is 18.8. The van der Waals surface area contributed by atoms with E-state index in [1.807, 2.05) is 5.32 Å². The second kappa shape index (κ2) is 6.91. The van der Waals surface area contributed by atoms with Gasteiger partial charge < -0.3 is 15.4 Å². The number of aromatic amines is 1. The molecule has 1 unspecified atom stereocenters. The Balaban J connectivity index is 2.31. The van der Waals surface area contributed by atoms with Gasteiger partial charge in [0.25, 0.3) is 5.91 Å². The summed E-state index contributed by atoms with van der Waals surface area (Å²) in [5.41, 5.74) is -0.814. The summed E-state index contributed by atoms with van der Waals surface area (Å²) >= 11 is 0. The molecular formula is C15H13F4N3O3. The molecule has 0 aliphatic heterocycles. The molecule has 134 valence electrons. The number of nitrogens with zero attached hydrogens (tertiary/aromatic N) is 1. The van der Waals surface area contributed by atoms with E-state index in [1.165, 1.54) is 19.1 Å². The normalized spacial score (nSPS) is 12.7. The number of hydrogen-bond acceptors (Lipinski definition) is 3. The molecule has 0 aliphatic rings. The third-order valence-electron chi connectivity index (χ3n) is 3.32. The van der Waals surface area contributed by atoms with Crippen molar-refractivity contribution >= 4 is 11.9 Å². The maximum atomic E-state index is 12.8. The van der Waals surface area contributed by atoms with E-state index in [9.17, 15) is 27.2 Å². The predicted molar refractivity (Wildman–Crippen MR) is 78.6 cm³/mol. The Kier molecular flexibility index (Phi) is 5.10. The van der Waals surface area contributed by atoms with E-state index in [-0.39, 0.29) is 22.8 Å². The highest BCUT2D eigenvalue weighted by Crippen LogP contribution is 2.31. The SMILES string of the molecule is Cc1[nH]c(-c2cccc(C(F)(F)F)c2)nc1C(=O)NC(CF)C(=O)O. The number of carboxylic acid groups (broad SMARTS) is 1. The first-order valence-electron chi connectivity index (χ1n) is 6.97. The topological polar surface area (TPSA) is 95.1 Å². The number of rotatable bonds is 5. The van der Waals surface area contributed by atoms with Crippen LogP contribution in [0.25, 0.3) is 11.4 Å². The van der Waals surface area contributed by atoms with Crippen molar-refractivity contribution in [3.8, 4) is 11.4 Å². The number of aromatic nitrogens is 2. The van der Waals surface area contributed by atoms with Crippen molar-refractivity contribution in [1.82, 2.24) is 15.3 Å². The van der Waals surface area contributed by atoms with E-state index in [0.717, 1.165) is 12.1 Å². The summed E-state index contributed by atoms with van der Waals surface area (Å²) < 4.78 is 50.9. The Hall–Kier alpha value is -2.91. The maximum absolute atomic E-state index is 12.8. The molecule has 0 saturated heterocycles. The van der Waals surface area contributed by atoms with Gasteiger partial charge in [-0.2, -0.15) is 13.2 Å². The number of aryl methyl sites for hydroxylation is 1. The Morgan fingerprint density at radius 2 is 2.04 bits per heavy atom. The lowest BCUT2D eigenvalue weighted by molar-refractivity contribution is -0.139. The van der Waals surface area contributed by atoms with Gasteiger partial charge in [0.2, 0.25) is 0 Å². The van der Waals surface area contributed by atoms with Crippen molar-refractivity contribution in [3.05, 3.63) is 41.2 Å². The molecule has 0 radical (unpaired) electrons. The highest BCUT2D eigenvalue weighted by atomic mass is 19.4. The zero-order valence-electron chi connectivity index (χ0n) is 12.8. The maximum Gasteiger partial charge on any atom is 0.416 e. The summed E-state index contributed by atoms with van der Waals surface area (Å²) in [6.07, 6.45) is -4.53. The number of H-pyrrole nitrogens is 1. The number of nitrogens with one attached hydrogen (secondary N) is 2. The molecule has 1 atom stereocenters. The minimum Gasteiger partial charge on any atom is -0.480 e. The average molecular weight is 359 g/mol. The van der Waals surface area contributed by atoms with Crippen molar-refractivity contribution < 1.29 is 32.3 Å². The Morgan fingerprint density at radius 1 is 1.36 bits per heavy atom. The predicted octanol–water partition coefficient (Wildman–Crippen LogP) is 2.56. The van der Waals surface area contributed by atoms with E-state index in [0.29, 0.717) is 0 Å². The third kappa shape index (κ3) is 4.14. The van der Waals surface area contributed by atoms with Crippen molar-refractivity contribution in [1.29, 1.82) is 0 Å². The summed E-state index contributed by atoms with van der Waals surface area (Å²) in [6.45, 7) is 0.120. The lowest BCUT2D eigenvalue weighted by atomic mass is 10.1. The lowest BCUT2D eigenvalue weighted by Gasteiger charge is -2.09. The number of carbonyl (C=O) groups is 2. The number of carboxylic acids is 1. The monoisotopic (exact) mass is 359 g/mol. The highest BCUT2D eigenvalue weighted by Gasteiger charge is 2.31. The first-order chi connectivity index (χ1) is 11.6. The summed E-state index contributed by atoms with van der Waals surface area (Å²) in [5, 5.41) is 10.7. The highest BCUT2D eigenvalue weighted by molar-refractivity contribution is 5.96. The van der Waals surface area contributed by atoms with Crippen LogP contribution in [0.15, 0.2) is 24.3 Å². The molecule has 0 bridgehead atoms. The largest absolute Gasteiger partial charge is 0.480 e. The zero-order valence-corrected chi connectivity index (χ0v) is 12.8. The van der Waals surface area contributed by atoms with Crippen molar-refractivity contribution in [3.63, 3.8) is 0 Å². The van der Waals surface area contributed by atoms with Crippen LogP contribution in [0.5, 0.6) is 0 Å². The molecular weight excluding hydrogens is 346 g/mol. The molecule has 10 heteroatoms. The van der Waals surface area contributed by atoms with Gasteiger partial charge >= 0.3 is 12.1 Å². The van der Waals surface area contributed by atoms with Gasteiger partial charge in [0, 0.05) is 11.3 Å². The fraction of sp³-hybridized carbons (Fsp3) is 0.267. The van der Waals surface area contributed by atoms with E-state index >= 15 is 0 Å². The fourth-order valence-corrected chi connectivity index (χ4v) is 2.05. The second-order valence-electron chi connectivity index (χ2n) is 5.16. The first kappa shape index (κ1) is 18.4. The van der Waals surface area contributed by atoms with Gasteiger partial charge in [-0.05, 0) is 19.1 Å². The summed E-state index contributed by atoms with van der Waals surface area (Å²) in [7, 11) is 0. The van der Waals surface area contributed by atoms with Crippen LogP contribution in [0.4, 0.5) is 17.6 Å². The van der Waals surface area contributed by atoms with Gasteiger partial charge in [0.1, 0.15) is 18.2 Å². The second-order valence-corrected chi connectivity index (χ2v) is 5.16. The summed E-state index contributed by atoms with van der Waals surface area (Å²) in [6, 6.07) is 2.59. The molecule has 25 heavy (non-hydrogen) atoms. The number of carbonyl (C=O) groups excluding carboxylic acids is 1. The molecule has 0 fully saturated rings. The summed E-state index contributed by atoms with van der Waals surface area (Å²) in [4.78, 5) is 29.3. The molecule has 3 N–H and O–H groups in total. The molecule has 1 amide bonds. The Labute approximate surface area is 138 Å². The van der Waals surface area contributed by atoms with Crippen LogP contribution in [0, 0.1) is 6.92 Å². The van der Waals surface area contributed by atoms with Crippen LogP contribution in [0.1, 0.15) is 21.7 Å². The molecule has 0 aliphatic carbocycles. The van der Waals surface area contributed by atoms with Gasteiger partial charge in [-0.25, -0.2) is 14.2 Å². The lowest BCUT2D eigenvalue weighted by Crippen LogP contribution is -2.42. The molecule has 1 aromatic carbocycles. The molecule has 2 rings (SSSR count). The fourth-order valence-electron chi connectivity index (χ4n) is 2.05. The number of benzene rings is 1. The van der Waals surface area contributed by atoms with Crippen LogP contribution in [-0.2, 0) is 11.0 Å². The number of amides is 1. The van der Waals surface area contributed by atoms with Gasteiger partial charge in [-0.1, -0.05) is 12.1 Å². The molecule has 0 spiro atoms. The van der Waals surface area contributed by atoms with Gasteiger partial charge in [-0.3, -0.25) is 4.79 Å². The van der Waals surface area contributed by atoms with Gasteiger partial charge in [-0.15, -0.1) is 0 Å². The minimum atomic E-state index is -4.53. The van der Waals surface area contributed by atoms with Gasteiger partial charge in [0.15, 0.2) is 6.04 Å². The minimum absolute atomic E-state index is 0.000809. The molecule has 0 saturated carbocycles. The number of halogens is 4. The Morgan fingerprint density at radius 3 is 2.60 bits per heavy atom. The van der Waals surface area contributed by atoms with Crippen molar-refractivity contribution in [2.45, 2.75) is 19.1 Å². The quantitative estimate of drug-likeness (QED) is 0.715. The molecule has 2 aromatic rings. The van der Waals surface area contributed by atoms with E-state index in [4.69, 9.17) is 5.11 Å². The number of imidazole rings is 1. The standard InChI is InChI=1S/C15H13F4N3O3/c1-7-11(13(23)21-10(6-16)14(24)25)22-12(20-7)8-3-2-4-9(5-8)15(17,18)19/h2-5,10H,6H2,1H3,(H,20,22)(H,21,23)(H,24,25). The van der Waals surface area contributed by atoms with Crippen LogP contribution in [0.3, 0.4) is 0 Å². The van der Waals surface area contributed by atoms with Crippen LogP contribution in [-0.4, -0.2) is 39.7 Å². The number of aliphatic carboxylic acids is 1. The van der Waals surface area contributed by atoms with E-state index in [1.54, 1.807) is 0 Å². The summed E-state index contributed by atoms with van der Waals surface area (Å²) in [5.74, 6) is -2.50. The first-order valence-corrected chi connectivity index (χ1v) is 6.97. The number of hydrogen-bond donors (Lipinski definition) is 3. The van der Waals surface area contributed by atoms with Crippen molar-refractivity contribution in [2.24, 2.45) is 0 Å². The third-order valence-corrected chi connectivity index (χ3v) is 3.32.